The monoisotopic (exact) mass is 237 g/mol. The van der Waals surface area contributed by atoms with E-state index in [1.807, 2.05) is 0 Å². The van der Waals surface area contributed by atoms with Crippen LogP contribution in [0, 0.1) is 11.8 Å². The van der Waals surface area contributed by atoms with E-state index in [0.717, 1.165) is 25.8 Å². The highest BCUT2D eigenvalue weighted by molar-refractivity contribution is 6.26. The van der Waals surface area contributed by atoms with Crippen LogP contribution in [0.4, 0.5) is 0 Å². The second-order valence-electron chi connectivity index (χ2n) is 5.50. The van der Waals surface area contributed by atoms with Gasteiger partial charge in [-0.1, -0.05) is 25.7 Å². The normalized spacial score (nSPS) is 28.6. The number of hydrogen-bond acceptors (Lipinski definition) is 3. The van der Waals surface area contributed by atoms with Crippen molar-refractivity contribution in [2.75, 3.05) is 6.54 Å². The molecule has 2 aliphatic rings. The molecule has 0 amide bonds. The third-order valence-electron chi connectivity index (χ3n) is 4.38. The Balaban J connectivity index is 2.05. The van der Waals surface area contributed by atoms with Crippen LogP contribution in [0.2, 0.25) is 0 Å². The van der Waals surface area contributed by atoms with Crippen LogP contribution in [0.15, 0.2) is 0 Å². The number of carbonyl (C=O) groups excluding carboxylic acids is 2. The van der Waals surface area contributed by atoms with Crippen LogP contribution < -0.4 is 5.32 Å². The molecule has 0 radical (unpaired) electrons. The highest BCUT2D eigenvalue weighted by atomic mass is 16.2. The van der Waals surface area contributed by atoms with Crippen molar-refractivity contribution in [2.45, 2.75) is 57.4 Å². The standard InChI is InChI=1S/C14H23NO2/c16-10-13(17)14(11-6-2-1-3-7-11)12-8-4-5-9-15-12/h10-12,14-15H,1-9H2. The second-order valence-corrected chi connectivity index (χ2v) is 5.50. The molecule has 1 aliphatic carbocycles. The molecule has 0 aromatic rings. The molecule has 1 N–H and O–H groups in total. The number of hydrogen-bond donors (Lipinski definition) is 1. The zero-order chi connectivity index (χ0) is 12.1. The van der Waals surface area contributed by atoms with Crippen molar-refractivity contribution in [3.05, 3.63) is 0 Å². The van der Waals surface area contributed by atoms with Gasteiger partial charge >= 0.3 is 0 Å². The summed E-state index contributed by atoms with van der Waals surface area (Å²) in [6.45, 7) is 1.00. The molecule has 3 nitrogen and oxygen atoms in total. The molecule has 1 heterocycles. The van der Waals surface area contributed by atoms with Gasteiger partial charge in [-0.2, -0.15) is 0 Å². The molecular formula is C14H23NO2. The van der Waals surface area contributed by atoms with Crippen molar-refractivity contribution in [1.29, 1.82) is 0 Å². The van der Waals surface area contributed by atoms with E-state index >= 15 is 0 Å². The molecule has 2 fully saturated rings. The van der Waals surface area contributed by atoms with Crippen LogP contribution in [0.25, 0.3) is 0 Å². The predicted octanol–water partition coefficient (Wildman–Crippen LogP) is 2.09. The van der Waals surface area contributed by atoms with E-state index in [1.165, 1.54) is 32.1 Å². The number of carbonyl (C=O) groups is 2. The zero-order valence-electron chi connectivity index (χ0n) is 10.5. The van der Waals surface area contributed by atoms with Gasteiger partial charge in [0.25, 0.3) is 0 Å². The number of ketones is 1. The van der Waals surface area contributed by atoms with Crippen molar-refractivity contribution in [1.82, 2.24) is 5.32 Å². The number of piperidine rings is 1. The molecule has 0 aromatic carbocycles. The Morgan fingerprint density at radius 1 is 1.06 bits per heavy atom. The fourth-order valence-electron chi connectivity index (χ4n) is 3.52. The third kappa shape index (κ3) is 3.15. The smallest absolute Gasteiger partial charge is 0.200 e. The Bertz CT molecular complexity index is 247. The maximum Gasteiger partial charge on any atom is 0.200 e. The first-order chi connectivity index (χ1) is 8.33. The highest BCUT2D eigenvalue weighted by Crippen LogP contribution is 2.34. The quantitative estimate of drug-likeness (QED) is 0.601. The Hall–Kier alpha value is -0.700. The van der Waals surface area contributed by atoms with Gasteiger partial charge < -0.3 is 5.32 Å². The Morgan fingerprint density at radius 2 is 1.76 bits per heavy atom. The van der Waals surface area contributed by atoms with Crippen molar-refractivity contribution in [3.63, 3.8) is 0 Å². The van der Waals surface area contributed by atoms with Crippen molar-refractivity contribution in [3.8, 4) is 0 Å². The maximum atomic E-state index is 11.9. The fourth-order valence-corrected chi connectivity index (χ4v) is 3.52. The molecule has 0 spiro atoms. The van der Waals surface area contributed by atoms with Crippen LogP contribution in [-0.2, 0) is 9.59 Å². The van der Waals surface area contributed by atoms with E-state index < -0.39 is 0 Å². The highest BCUT2D eigenvalue weighted by Gasteiger charge is 2.35. The zero-order valence-corrected chi connectivity index (χ0v) is 10.5. The lowest BCUT2D eigenvalue weighted by Gasteiger charge is -2.36. The molecule has 17 heavy (non-hydrogen) atoms. The van der Waals surface area contributed by atoms with Crippen LogP contribution in [-0.4, -0.2) is 24.7 Å². The van der Waals surface area contributed by atoms with Crippen LogP contribution >= 0.6 is 0 Å². The minimum atomic E-state index is -0.170. The van der Waals surface area contributed by atoms with Gasteiger partial charge in [-0.25, -0.2) is 0 Å². The summed E-state index contributed by atoms with van der Waals surface area (Å²) in [7, 11) is 0. The summed E-state index contributed by atoms with van der Waals surface area (Å²) in [6.07, 6.45) is 9.98. The first-order valence-electron chi connectivity index (χ1n) is 7.05. The summed E-state index contributed by atoms with van der Waals surface area (Å²) in [5.74, 6) is 0.224. The predicted molar refractivity (Wildman–Crippen MR) is 66.8 cm³/mol. The van der Waals surface area contributed by atoms with Gasteiger partial charge in [0.15, 0.2) is 12.1 Å². The van der Waals surface area contributed by atoms with Crippen molar-refractivity contribution >= 4 is 12.1 Å². The van der Waals surface area contributed by atoms with E-state index in [-0.39, 0.29) is 17.7 Å². The molecule has 3 heteroatoms. The van der Waals surface area contributed by atoms with Crippen LogP contribution in [0.1, 0.15) is 51.4 Å². The minimum Gasteiger partial charge on any atom is -0.313 e. The second kappa shape index (κ2) is 6.29. The van der Waals surface area contributed by atoms with E-state index in [4.69, 9.17) is 0 Å². The molecule has 1 aliphatic heterocycles. The summed E-state index contributed by atoms with van der Waals surface area (Å²) in [6, 6.07) is 0.254. The molecule has 0 bridgehead atoms. The van der Waals surface area contributed by atoms with E-state index in [1.54, 1.807) is 0 Å². The van der Waals surface area contributed by atoms with Crippen molar-refractivity contribution in [2.24, 2.45) is 11.8 Å². The van der Waals surface area contributed by atoms with E-state index in [2.05, 4.69) is 5.32 Å². The van der Waals surface area contributed by atoms with Gasteiger partial charge in [-0.3, -0.25) is 9.59 Å². The molecule has 2 atom stereocenters. The molecule has 1 saturated carbocycles. The topological polar surface area (TPSA) is 46.2 Å². The molecular weight excluding hydrogens is 214 g/mol. The average molecular weight is 237 g/mol. The largest absolute Gasteiger partial charge is 0.313 e. The molecule has 2 unspecified atom stereocenters. The molecule has 0 aromatic heterocycles. The third-order valence-corrected chi connectivity index (χ3v) is 4.38. The van der Waals surface area contributed by atoms with Gasteiger partial charge in [0, 0.05) is 12.0 Å². The van der Waals surface area contributed by atoms with Gasteiger partial charge in [0.1, 0.15) is 0 Å². The lowest BCUT2D eigenvalue weighted by Crippen LogP contribution is -2.47. The summed E-state index contributed by atoms with van der Waals surface area (Å²) >= 11 is 0. The molecule has 2 rings (SSSR count). The first-order valence-corrected chi connectivity index (χ1v) is 7.05. The molecule has 1 saturated heterocycles. The van der Waals surface area contributed by atoms with Crippen molar-refractivity contribution < 1.29 is 9.59 Å². The lowest BCUT2D eigenvalue weighted by molar-refractivity contribution is -0.135. The SMILES string of the molecule is O=CC(=O)C(C1CCCCC1)C1CCCCN1. The van der Waals surface area contributed by atoms with E-state index in [9.17, 15) is 9.59 Å². The number of aldehydes is 1. The van der Waals surface area contributed by atoms with E-state index in [0.29, 0.717) is 12.2 Å². The number of rotatable bonds is 4. The Morgan fingerprint density at radius 3 is 2.35 bits per heavy atom. The summed E-state index contributed by atoms with van der Waals surface area (Å²) in [5, 5.41) is 3.45. The minimum absolute atomic E-state index is 0.0481. The fraction of sp³-hybridized carbons (Fsp3) is 0.857. The van der Waals surface area contributed by atoms with Gasteiger partial charge in [-0.05, 0) is 38.1 Å². The maximum absolute atomic E-state index is 11.9. The van der Waals surface area contributed by atoms with Gasteiger partial charge in [0.2, 0.25) is 0 Å². The Kier molecular flexibility index (Phi) is 4.72. The van der Waals surface area contributed by atoms with Gasteiger partial charge in [-0.15, -0.1) is 0 Å². The molecule has 96 valence electrons. The summed E-state index contributed by atoms with van der Waals surface area (Å²) < 4.78 is 0. The lowest BCUT2D eigenvalue weighted by atomic mass is 9.73. The number of Topliss-reactive ketones (excluding diaryl/α,β-unsaturated/α-hetero) is 1. The first kappa shape index (κ1) is 12.7. The Labute approximate surface area is 103 Å². The van der Waals surface area contributed by atoms with Gasteiger partial charge in [0.05, 0.1) is 0 Å². The summed E-state index contributed by atoms with van der Waals surface area (Å²) in [5.41, 5.74) is 0. The van der Waals surface area contributed by atoms with Crippen LogP contribution in [0.5, 0.6) is 0 Å². The average Bonchev–Trinajstić information content (AvgIpc) is 2.41. The summed E-state index contributed by atoms with van der Waals surface area (Å²) in [4.78, 5) is 22.8. The number of nitrogens with one attached hydrogen (secondary N) is 1. The van der Waals surface area contributed by atoms with Crippen LogP contribution in [0.3, 0.4) is 0 Å².